The molecule has 2 aromatic carbocycles. The van der Waals surface area contributed by atoms with Gasteiger partial charge in [0.15, 0.2) is 6.54 Å². The first-order chi connectivity index (χ1) is 14.2. The van der Waals surface area contributed by atoms with Crippen molar-refractivity contribution in [2.45, 2.75) is 25.9 Å². The molecule has 4 rings (SSSR count). The highest BCUT2D eigenvalue weighted by atomic mass is 16.2. The third-order valence-corrected chi connectivity index (χ3v) is 6.38. The van der Waals surface area contributed by atoms with Gasteiger partial charge in [-0.1, -0.05) is 48.5 Å². The lowest BCUT2D eigenvalue weighted by molar-refractivity contribution is -0.901. The molecule has 2 aliphatic heterocycles. The number of hydrogen-bond donors (Lipinski definition) is 3. The van der Waals surface area contributed by atoms with Crippen molar-refractivity contribution in [3.8, 4) is 0 Å². The minimum absolute atomic E-state index is 0.218. The molecular weight excluding hydrogens is 360 g/mol. The number of nitrogens with one attached hydrogen (secondary N) is 3. The Morgan fingerprint density at radius 3 is 2.48 bits per heavy atom. The predicted octanol–water partition coefficient (Wildman–Crippen LogP) is -0.326. The highest BCUT2D eigenvalue weighted by Gasteiger charge is 2.29. The lowest BCUT2D eigenvalue weighted by atomic mass is 10.1. The summed E-state index contributed by atoms with van der Waals surface area (Å²) in [7, 11) is 0. The van der Waals surface area contributed by atoms with Crippen LogP contribution in [0.5, 0.6) is 0 Å². The van der Waals surface area contributed by atoms with E-state index in [4.69, 9.17) is 0 Å². The number of carbonyl (C=O) groups is 1. The van der Waals surface area contributed by atoms with Gasteiger partial charge in [-0.05, 0) is 18.6 Å². The Labute approximate surface area is 174 Å². The van der Waals surface area contributed by atoms with Crippen molar-refractivity contribution in [1.82, 2.24) is 5.32 Å². The number of para-hydroxylation sites is 1. The number of aryl methyl sites for hydroxylation is 1. The monoisotopic (exact) mass is 394 g/mol. The second kappa shape index (κ2) is 9.42. The van der Waals surface area contributed by atoms with Crippen LogP contribution in [0.4, 0.5) is 5.69 Å². The van der Waals surface area contributed by atoms with Gasteiger partial charge < -0.3 is 20.0 Å². The van der Waals surface area contributed by atoms with Gasteiger partial charge in [-0.3, -0.25) is 4.79 Å². The number of quaternary nitrogens is 2. The lowest BCUT2D eigenvalue weighted by Crippen LogP contribution is -3.16. The molecule has 2 fully saturated rings. The largest absolute Gasteiger partial charge is 0.360 e. The summed E-state index contributed by atoms with van der Waals surface area (Å²) in [5.41, 5.74) is 4.05. The minimum atomic E-state index is 0.218. The third kappa shape index (κ3) is 5.37. The number of likely N-dealkylation sites (tertiary alicyclic amines) is 1. The zero-order chi connectivity index (χ0) is 20.1. The van der Waals surface area contributed by atoms with Crippen molar-refractivity contribution in [1.29, 1.82) is 0 Å². The van der Waals surface area contributed by atoms with Crippen molar-refractivity contribution in [3.63, 3.8) is 0 Å². The molecule has 5 nitrogen and oxygen atoms in total. The van der Waals surface area contributed by atoms with Gasteiger partial charge in [0.1, 0.15) is 6.54 Å². The van der Waals surface area contributed by atoms with Gasteiger partial charge in [0.25, 0.3) is 5.91 Å². The smallest absolute Gasteiger partial charge is 0.275 e. The molecule has 0 bridgehead atoms. The van der Waals surface area contributed by atoms with Crippen LogP contribution in [0, 0.1) is 6.92 Å². The first-order valence-corrected chi connectivity index (χ1v) is 11.0. The summed E-state index contributed by atoms with van der Waals surface area (Å²) in [4.78, 5) is 18.0. The molecule has 2 aromatic rings. The van der Waals surface area contributed by atoms with Crippen LogP contribution in [0.2, 0.25) is 0 Å². The summed E-state index contributed by atoms with van der Waals surface area (Å²) in [6.07, 6.45) is 1.09. The van der Waals surface area contributed by atoms with Gasteiger partial charge in [0.2, 0.25) is 0 Å². The second-order valence-electron chi connectivity index (χ2n) is 8.62. The van der Waals surface area contributed by atoms with E-state index in [0.717, 1.165) is 52.2 Å². The fourth-order valence-electron chi connectivity index (χ4n) is 4.76. The first-order valence-electron chi connectivity index (χ1n) is 11.0. The molecule has 0 aliphatic carbocycles. The summed E-state index contributed by atoms with van der Waals surface area (Å²) >= 11 is 0. The maximum absolute atomic E-state index is 12.6. The van der Waals surface area contributed by atoms with Gasteiger partial charge >= 0.3 is 0 Å². The van der Waals surface area contributed by atoms with Crippen LogP contribution < -0.4 is 20.0 Å². The van der Waals surface area contributed by atoms with Crippen LogP contribution in [0.3, 0.4) is 0 Å². The van der Waals surface area contributed by atoms with E-state index < -0.39 is 0 Å². The molecule has 0 aromatic heterocycles. The summed E-state index contributed by atoms with van der Waals surface area (Å²) in [6.45, 7) is 10.1. The Kier molecular flexibility index (Phi) is 6.47. The van der Waals surface area contributed by atoms with E-state index in [-0.39, 0.29) is 5.91 Å². The summed E-state index contributed by atoms with van der Waals surface area (Å²) in [6, 6.07) is 19.6. The highest BCUT2D eigenvalue weighted by Crippen LogP contribution is 2.18. The van der Waals surface area contributed by atoms with Crippen LogP contribution in [0.25, 0.3) is 0 Å². The number of nitrogens with zero attached hydrogens (tertiary/aromatic N) is 1. The van der Waals surface area contributed by atoms with E-state index in [0.29, 0.717) is 12.6 Å². The standard InChI is InChI=1S/C24H32N4O/c1-20-7-5-6-10-23(20)28-15-13-26(14-16-28)19-24(29)25-22-11-12-27(18-22)17-21-8-3-2-4-9-21/h2-10,22H,11-19H2,1H3,(H,25,29)/p+2/t22-/m0/s1. The van der Waals surface area contributed by atoms with E-state index in [1.165, 1.54) is 21.7 Å². The zero-order valence-electron chi connectivity index (χ0n) is 17.5. The molecule has 2 heterocycles. The third-order valence-electron chi connectivity index (χ3n) is 6.38. The summed E-state index contributed by atoms with van der Waals surface area (Å²) < 4.78 is 0. The fourth-order valence-corrected chi connectivity index (χ4v) is 4.76. The van der Waals surface area contributed by atoms with Gasteiger partial charge in [-0.2, -0.15) is 0 Å². The molecule has 2 saturated heterocycles. The lowest BCUT2D eigenvalue weighted by Gasteiger charge is -2.34. The van der Waals surface area contributed by atoms with Gasteiger partial charge in [0.05, 0.1) is 45.3 Å². The van der Waals surface area contributed by atoms with E-state index in [1.807, 2.05) is 0 Å². The summed E-state index contributed by atoms with van der Waals surface area (Å²) in [5, 5.41) is 3.30. The van der Waals surface area contributed by atoms with Crippen molar-refractivity contribution >= 4 is 11.6 Å². The molecule has 154 valence electrons. The van der Waals surface area contributed by atoms with Crippen molar-refractivity contribution < 1.29 is 14.6 Å². The molecule has 0 radical (unpaired) electrons. The van der Waals surface area contributed by atoms with Crippen molar-refractivity contribution in [2.75, 3.05) is 50.7 Å². The Balaban J connectivity index is 1.19. The van der Waals surface area contributed by atoms with Crippen LogP contribution in [-0.4, -0.2) is 57.8 Å². The molecule has 5 heteroatoms. The predicted molar refractivity (Wildman–Crippen MR) is 116 cm³/mol. The number of amides is 1. The molecule has 1 amide bonds. The fraction of sp³-hybridized carbons (Fsp3) is 0.458. The van der Waals surface area contributed by atoms with E-state index in [9.17, 15) is 4.79 Å². The Hall–Kier alpha value is -2.37. The molecule has 1 unspecified atom stereocenters. The number of piperazine rings is 1. The van der Waals surface area contributed by atoms with Crippen LogP contribution in [-0.2, 0) is 11.3 Å². The molecule has 0 spiro atoms. The maximum atomic E-state index is 12.6. The van der Waals surface area contributed by atoms with Gasteiger partial charge in [0, 0.05) is 17.7 Å². The number of rotatable bonds is 6. The first kappa shape index (κ1) is 19.9. The molecule has 29 heavy (non-hydrogen) atoms. The van der Waals surface area contributed by atoms with Gasteiger partial charge in [-0.25, -0.2) is 0 Å². The number of anilines is 1. The average Bonchev–Trinajstić information content (AvgIpc) is 3.16. The Morgan fingerprint density at radius 1 is 1.00 bits per heavy atom. The molecule has 2 atom stereocenters. The second-order valence-corrected chi connectivity index (χ2v) is 8.62. The van der Waals surface area contributed by atoms with Crippen molar-refractivity contribution in [2.24, 2.45) is 0 Å². The van der Waals surface area contributed by atoms with Crippen LogP contribution in [0.1, 0.15) is 17.5 Å². The Bertz CT molecular complexity index is 802. The SMILES string of the molecule is Cc1ccccc1N1CC[NH+](CC(=O)N[C@H]2CC[NH+](Cc3ccccc3)C2)CC1. The van der Waals surface area contributed by atoms with Crippen molar-refractivity contribution in [3.05, 3.63) is 65.7 Å². The molecule has 0 saturated carbocycles. The van der Waals surface area contributed by atoms with E-state index in [1.54, 1.807) is 4.90 Å². The molecular formula is C24H34N4O+2. The zero-order valence-corrected chi connectivity index (χ0v) is 17.5. The van der Waals surface area contributed by atoms with E-state index in [2.05, 4.69) is 71.7 Å². The number of hydrogen-bond acceptors (Lipinski definition) is 2. The van der Waals surface area contributed by atoms with Crippen LogP contribution >= 0.6 is 0 Å². The summed E-state index contributed by atoms with van der Waals surface area (Å²) in [5.74, 6) is 0.218. The van der Waals surface area contributed by atoms with Crippen LogP contribution in [0.15, 0.2) is 54.6 Å². The normalized spacial score (nSPS) is 22.6. The quantitative estimate of drug-likeness (QED) is 0.628. The van der Waals surface area contributed by atoms with Gasteiger partial charge in [-0.15, -0.1) is 0 Å². The Morgan fingerprint density at radius 2 is 1.72 bits per heavy atom. The van der Waals surface area contributed by atoms with E-state index >= 15 is 0 Å². The average molecular weight is 395 g/mol. The topological polar surface area (TPSA) is 41.2 Å². The maximum Gasteiger partial charge on any atom is 0.275 e. The highest BCUT2D eigenvalue weighted by molar-refractivity contribution is 5.77. The minimum Gasteiger partial charge on any atom is -0.360 e. The number of carbonyl (C=O) groups excluding carboxylic acids is 1. The molecule has 3 N–H and O–H groups in total. The number of benzene rings is 2. The molecule has 2 aliphatic rings.